The number of fused-ring (bicyclic) bond motifs is 1. The number of aliphatic hydroxyl groups is 2. The Morgan fingerprint density at radius 2 is 2.00 bits per heavy atom. The number of aromatic carboxylic acids is 1. The third-order valence-electron chi connectivity index (χ3n) is 2.61. The second-order valence-corrected chi connectivity index (χ2v) is 4.98. The molecule has 5 nitrogen and oxygen atoms in total. The topological polar surface area (TPSA) is 90.7 Å². The van der Waals surface area contributed by atoms with E-state index in [0.29, 0.717) is 16.2 Å². The van der Waals surface area contributed by atoms with Crippen LogP contribution in [0.25, 0.3) is 10.8 Å². The van der Waals surface area contributed by atoms with Crippen LogP contribution >= 0.6 is 11.8 Å². The first-order valence-electron chi connectivity index (χ1n) is 5.66. The van der Waals surface area contributed by atoms with E-state index >= 15 is 0 Å². The van der Waals surface area contributed by atoms with Crippen LogP contribution in [0.2, 0.25) is 0 Å². The summed E-state index contributed by atoms with van der Waals surface area (Å²) in [5.41, 5.74) is 0.155. The molecule has 100 valence electrons. The number of carboxylic acid groups (broad SMARTS) is 1. The minimum absolute atomic E-state index is 0.155. The van der Waals surface area contributed by atoms with Gasteiger partial charge in [0.1, 0.15) is 5.03 Å². The number of hydrogen-bond donors (Lipinski definition) is 3. The van der Waals surface area contributed by atoms with E-state index in [4.69, 9.17) is 10.2 Å². The summed E-state index contributed by atoms with van der Waals surface area (Å²) in [7, 11) is 0. The first-order valence-corrected chi connectivity index (χ1v) is 6.64. The molecular formula is C13H13NO4S. The molecule has 1 atom stereocenters. The lowest BCUT2D eigenvalue weighted by Crippen LogP contribution is -2.14. The van der Waals surface area contributed by atoms with Crippen LogP contribution in [0.3, 0.4) is 0 Å². The fourth-order valence-corrected chi connectivity index (χ4v) is 2.60. The van der Waals surface area contributed by atoms with Gasteiger partial charge in [-0.15, -0.1) is 11.8 Å². The molecule has 1 heterocycles. The zero-order valence-corrected chi connectivity index (χ0v) is 10.8. The molecule has 0 aliphatic carbocycles. The molecule has 1 unspecified atom stereocenters. The van der Waals surface area contributed by atoms with E-state index in [0.717, 1.165) is 5.39 Å². The average molecular weight is 279 g/mol. The molecule has 0 saturated heterocycles. The lowest BCUT2D eigenvalue weighted by atomic mass is 10.1. The van der Waals surface area contributed by atoms with Crippen LogP contribution < -0.4 is 0 Å². The number of benzene rings is 1. The minimum atomic E-state index is -1.02. The van der Waals surface area contributed by atoms with Crippen molar-refractivity contribution in [2.24, 2.45) is 0 Å². The van der Waals surface area contributed by atoms with Gasteiger partial charge >= 0.3 is 5.97 Å². The van der Waals surface area contributed by atoms with Gasteiger partial charge in [-0.3, -0.25) is 0 Å². The monoisotopic (exact) mass is 279 g/mol. The second-order valence-electron chi connectivity index (χ2n) is 3.98. The Kier molecular flexibility index (Phi) is 4.36. The summed E-state index contributed by atoms with van der Waals surface area (Å²) in [4.78, 5) is 15.2. The Balaban J connectivity index is 2.41. The van der Waals surface area contributed by atoms with E-state index in [1.807, 2.05) is 6.07 Å². The van der Waals surface area contributed by atoms with Gasteiger partial charge in [-0.1, -0.05) is 24.3 Å². The normalized spacial score (nSPS) is 12.5. The SMILES string of the molecule is O=C(O)c1cnc(SCC(O)CO)c2ccccc12. The van der Waals surface area contributed by atoms with E-state index in [9.17, 15) is 9.90 Å². The van der Waals surface area contributed by atoms with Gasteiger partial charge in [0.15, 0.2) is 0 Å². The Labute approximate surface area is 113 Å². The Morgan fingerprint density at radius 3 is 2.63 bits per heavy atom. The van der Waals surface area contributed by atoms with Gasteiger partial charge in [0, 0.05) is 22.7 Å². The zero-order valence-electron chi connectivity index (χ0n) is 9.98. The highest BCUT2D eigenvalue weighted by molar-refractivity contribution is 7.99. The molecule has 2 aromatic rings. The first kappa shape index (κ1) is 13.8. The van der Waals surface area contributed by atoms with Crippen molar-refractivity contribution in [3.8, 4) is 0 Å². The molecule has 2 rings (SSSR count). The van der Waals surface area contributed by atoms with Crippen molar-refractivity contribution in [2.45, 2.75) is 11.1 Å². The second kappa shape index (κ2) is 6.01. The average Bonchev–Trinajstić information content (AvgIpc) is 2.43. The third kappa shape index (κ3) is 3.04. The predicted octanol–water partition coefficient (Wildman–Crippen LogP) is 1.38. The molecule has 0 fully saturated rings. The van der Waals surface area contributed by atoms with Crippen molar-refractivity contribution in [3.05, 3.63) is 36.0 Å². The number of rotatable bonds is 5. The van der Waals surface area contributed by atoms with Crippen molar-refractivity contribution in [3.63, 3.8) is 0 Å². The molecule has 0 spiro atoms. The van der Waals surface area contributed by atoms with Crippen LogP contribution in [0.4, 0.5) is 0 Å². The maximum Gasteiger partial charge on any atom is 0.337 e. The summed E-state index contributed by atoms with van der Waals surface area (Å²) < 4.78 is 0. The quantitative estimate of drug-likeness (QED) is 0.716. The molecule has 0 saturated carbocycles. The summed E-state index contributed by atoms with van der Waals surface area (Å²) >= 11 is 1.29. The Bertz CT molecular complexity index is 602. The summed E-state index contributed by atoms with van der Waals surface area (Å²) in [5.74, 6) is -0.712. The molecule has 3 N–H and O–H groups in total. The van der Waals surface area contributed by atoms with Gasteiger partial charge in [0.2, 0.25) is 0 Å². The lowest BCUT2D eigenvalue weighted by molar-refractivity contribution is 0.0698. The summed E-state index contributed by atoms with van der Waals surface area (Å²) in [6, 6.07) is 7.10. The smallest absolute Gasteiger partial charge is 0.337 e. The molecule has 0 aliphatic heterocycles. The first-order chi connectivity index (χ1) is 9.13. The molecule has 0 radical (unpaired) electrons. The third-order valence-corrected chi connectivity index (χ3v) is 3.76. The van der Waals surface area contributed by atoms with Gasteiger partial charge in [-0.05, 0) is 0 Å². The number of aliphatic hydroxyl groups excluding tert-OH is 2. The fourth-order valence-electron chi connectivity index (χ4n) is 1.68. The Hall–Kier alpha value is -1.63. The van der Waals surface area contributed by atoms with Gasteiger partial charge in [-0.2, -0.15) is 0 Å². The van der Waals surface area contributed by atoms with Gasteiger partial charge < -0.3 is 15.3 Å². The van der Waals surface area contributed by atoms with Crippen molar-refractivity contribution in [1.82, 2.24) is 4.98 Å². The highest BCUT2D eigenvalue weighted by Crippen LogP contribution is 2.28. The Morgan fingerprint density at radius 1 is 1.32 bits per heavy atom. The van der Waals surface area contributed by atoms with Gasteiger partial charge in [-0.25, -0.2) is 9.78 Å². The van der Waals surface area contributed by atoms with Gasteiger partial charge in [0.25, 0.3) is 0 Å². The standard InChI is InChI=1S/C13H13NO4S/c15-6-8(16)7-19-12-10-4-2-1-3-9(10)11(5-14-12)13(17)18/h1-5,8,15-16H,6-7H2,(H,17,18). The number of carboxylic acids is 1. The van der Waals surface area contributed by atoms with E-state index in [1.54, 1.807) is 18.2 Å². The molecule has 6 heteroatoms. The summed E-state index contributed by atoms with van der Waals surface area (Å²) in [6.45, 7) is -0.307. The fraction of sp³-hybridized carbons (Fsp3) is 0.231. The van der Waals surface area contributed by atoms with Crippen molar-refractivity contribution in [1.29, 1.82) is 0 Å². The van der Waals surface area contributed by atoms with Crippen molar-refractivity contribution >= 4 is 28.5 Å². The van der Waals surface area contributed by atoms with Crippen LogP contribution in [0, 0.1) is 0 Å². The van der Waals surface area contributed by atoms with E-state index < -0.39 is 12.1 Å². The highest BCUT2D eigenvalue weighted by atomic mass is 32.2. The largest absolute Gasteiger partial charge is 0.478 e. The number of carbonyl (C=O) groups is 1. The number of thioether (sulfide) groups is 1. The van der Waals surface area contributed by atoms with Crippen LogP contribution in [-0.4, -0.2) is 44.7 Å². The van der Waals surface area contributed by atoms with Crippen molar-refractivity contribution in [2.75, 3.05) is 12.4 Å². The predicted molar refractivity (Wildman–Crippen MR) is 72.5 cm³/mol. The number of aromatic nitrogens is 1. The van der Waals surface area contributed by atoms with E-state index in [-0.39, 0.29) is 12.2 Å². The maximum absolute atomic E-state index is 11.1. The van der Waals surface area contributed by atoms with Crippen LogP contribution in [0.1, 0.15) is 10.4 Å². The van der Waals surface area contributed by atoms with E-state index in [1.165, 1.54) is 18.0 Å². The highest BCUT2D eigenvalue weighted by Gasteiger charge is 2.13. The van der Waals surface area contributed by atoms with Gasteiger partial charge in [0.05, 0.1) is 18.3 Å². The molecule has 1 aromatic carbocycles. The van der Waals surface area contributed by atoms with Crippen LogP contribution in [-0.2, 0) is 0 Å². The molecule has 1 aromatic heterocycles. The molecule has 19 heavy (non-hydrogen) atoms. The van der Waals surface area contributed by atoms with E-state index in [2.05, 4.69) is 4.98 Å². The number of pyridine rings is 1. The van der Waals surface area contributed by atoms with Crippen LogP contribution in [0.5, 0.6) is 0 Å². The summed E-state index contributed by atoms with van der Waals surface area (Å²) in [5, 5.41) is 29.2. The van der Waals surface area contributed by atoms with Crippen LogP contribution in [0.15, 0.2) is 35.5 Å². The molecule has 0 aliphatic rings. The minimum Gasteiger partial charge on any atom is -0.478 e. The maximum atomic E-state index is 11.1. The zero-order chi connectivity index (χ0) is 13.8. The van der Waals surface area contributed by atoms with Crippen molar-refractivity contribution < 1.29 is 20.1 Å². The number of nitrogens with zero attached hydrogens (tertiary/aromatic N) is 1. The summed E-state index contributed by atoms with van der Waals surface area (Å²) in [6.07, 6.45) is 0.503. The number of hydrogen-bond acceptors (Lipinski definition) is 5. The molecule has 0 amide bonds. The lowest BCUT2D eigenvalue weighted by Gasteiger charge is -2.09. The molecular weight excluding hydrogens is 266 g/mol. The molecule has 0 bridgehead atoms.